The third-order valence-corrected chi connectivity index (χ3v) is 4.50. The van der Waals surface area contributed by atoms with Crippen LogP contribution in [0.5, 0.6) is 0 Å². The van der Waals surface area contributed by atoms with Gasteiger partial charge < -0.3 is 10.1 Å². The molecular weight excluding hydrogens is 286 g/mol. The standard InChI is InChI=1S/C19H25N3O/c1-15(18-13-20-11-12-21-18)22-17-9-5-6-10-19(17)23-14-16-7-3-2-4-8-16/h2-4,7-8,11-13,15,17,19,22H,5-6,9-10,14H2,1H3. The fraction of sp³-hybridized carbons (Fsp3) is 0.474. The monoisotopic (exact) mass is 311 g/mol. The number of hydrogen-bond acceptors (Lipinski definition) is 4. The van der Waals surface area contributed by atoms with E-state index in [4.69, 9.17) is 4.74 Å². The average Bonchev–Trinajstić information content (AvgIpc) is 2.62. The molecule has 0 spiro atoms. The van der Waals surface area contributed by atoms with Crippen molar-refractivity contribution < 1.29 is 4.74 Å². The number of hydrogen-bond donors (Lipinski definition) is 1. The molecule has 122 valence electrons. The highest BCUT2D eigenvalue weighted by molar-refractivity contribution is 5.13. The van der Waals surface area contributed by atoms with Crippen LogP contribution in [-0.2, 0) is 11.3 Å². The summed E-state index contributed by atoms with van der Waals surface area (Å²) in [7, 11) is 0. The number of nitrogens with one attached hydrogen (secondary N) is 1. The lowest BCUT2D eigenvalue weighted by Gasteiger charge is -2.34. The maximum Gasteiger partial charge on any atom is 0.0753 e. The number of rotatable bonds is 6. The van der Waals surface area contributed by atoms with Gasteiger partial charge in [0.25, 0.3) is 0 Å². The van der Waals surface area contributed by atoms with Crippen LogP contribution in [0.2, 0.25) is 0 Å². The van der Waals surface area contributed by atoms with Crippen LogP contribution in [-0.4, -0.2) is 22.1 Å². The summed E-state index contributed by atoms with van der Waals surface area (Å²) in [6.45, 7) is 2.83. The van der Waals surface area contributed by atoms with Crippen molar-refractivity contribution in [2.75, 3.05) is 0 Å². The third-order valence-electron chi connectivity index (χ3n) is 4.50. The smallest absolute Gasteiger partial charge is 0.0753 e. The normalized spacial score (nSPS) is 22.7. The Balaban J connectivity index is 1.58. The third kappa shape index (κ3) is 4.60. The molecule has 1 aromatic heterocycles. The second kappa shape index (κ2) is 8.18. The summed E-state index contributed by atoms with van der Waals surface area (Å²) in [5.74, 6) is 0. The Labute approximate surface area is 138 Å². The molecular formula is C19H25N3O. The van der Waals surface area contributed by atoms with Gasteiger partial charge in [-0.2, -0.15) is 0 Å². The second-order valence-corrected chi connectivity index (χ2v) is 6.24. The van der Waals surface area contributed by atoms with Gasteiger partial charge in [0, 0.05) is 30.7 Å². The van der Waals surface area contributed by atoms with E-state index in [1.165, 1.54) is 18.4 Å². The Morgan fingerprint density at radius 1 is 1.17 bits per heavy atom. The molecule has 0 aliphatic heterocycles. The molecule has 1 N–H and O–H groups in total. The average molecular weight is 311 g/mol. The number of benzene rings is 1. The van der Waals surface area contributed by atoms with E-state index in [0.717, 1.165) is 18.5 Å². The number of aromatic nitrogens is 2. The lowest BCUT2D eigenvalue weighted by molar-refractivity contribution is -0.00809. The van der Waals surface area contributed by atoms with E-state index in [1.807, 2.05) is 12.3 Å². The number of nitrogens with zero attached hydrogens (tertiary/aromatic N) is 2. The fourth-order valence-electron chi connectivity index (χ4n) is 3.21. The van der Waals surface area contributed by atoms with Gasteiger partial charge in [0.15, 0.2) is 0 Å². The van der Waals surface area contributed by atoms with Crippen molar-refractivity contribution in [2.24, 2.45) is 0 Å². The van der Waals surface area contributed by atoms with Gasteiger partial charge in [-0.05, 0) is 25.3 Å². The van der Waals surface area contributed by atoms with Gasteiger partial charge in [-0.3, -0.25) is 9.97 Å². The van der Waals surface area contributed by atoms with Crippen molar-refractivity contribution in [1.29, 1.82) is 0 Å². The molecule has 1 aliphatic rings. The summed E-state index contributed by atoms with van der Waals surface area (Å²) in [5, 5.41) is 3.69. The topological polar surface area (TPSA) is 47.0 Å². The van der Waals surface area contributed by atoms with Gasteiger partial charge in [-0.25, -0.2) is 0 Å². The molecule has 0 bridgehead atoms. The van der Waals surface area contributed by atoms with Crippen LogP contribution in [0.3, 0.4) is 0 Å². The first-order valence-electron chi connectivity index (χ1n) is 8.50. The predicted molar refractivity (Wildman–Crippen MR) is 90.9 cm³/mol. The molecule has 0 radical (unpaired) electrons. The zero-order valence-corrected chi connectivity index (χ0v) is 13.7. The SMILES string of the molecule is CC(NC1CCCCC1OCc1ccccc1)c1cnccn1. The summed E-state index contributed by atoms with van der Waals surface area (Å²) < 4.78 is 6.22. The Morgan fingerprint density at radius 3 is 2.78 bits per heavy atom. The van der Waals surface area contributed by atoms with E-state index in [-0.39, 0.29) is 12.1 Å². The van der Waals surface area contributed by atoms with Gasteiger partial charge in [0.05, 0.1) is 18.4 Å². The van der Waals surface area contributed by atoms with Crippen molar-refractivity contribution in [3.8, 4) is 0 Å². The van der Waals surface area contributed by atoms with Crippen molar-refractivity contribution in [3.05, 3.63) is 60.2 Å². The fourth-order valence-corrected chi connectivity index (χ4v) is 3.21. The largest absolute Gasteiger partial charge is 0.372 e. The summed E-state index contributed by atoms with van der Waals surface area (Å²) in [4.78, 5) is 8.56. The minimum Gasteiger partial charge on any atom is -0.372 e. The zero-order chi connectivity index (χ0) is 15.9. The maximum absolute atomic E-state index is 6.22. The van der Waals surface area contributed by atoms with Crippen LogP contribution >= 0.6 is 0 Å². The first-order chi connectivity index (χ1) is 11.3. The Bertz CT molecular complexity index is 576. The highest BCUT2D eigenvalue weighted by Crippen LogP contribution is 2.24. The summed E-state index contributed by atoms with van der Waals surface area (Å²) >= 11 is 0. The molecule has 3 rings (SSSR count). The first kappa shape index (κ1) is 16.1. The maximum atomic E-state index is 6.22. The molecule has 4 nitrogen and oxygen atoms in total. The highest BCUT2D eigenvalue weighted by atomic mass is 16.5. The van der Waals surface area contributed by atoms with Gasteiger partial charge in [-0.15, -0.1) is 0 Å². The summed E-state index contributed by atoms with van der Waals surface area (Å²) in [6, 6.07) is 11.0. The minimum atomic E-state index is 0.189. The lowest BCUT2D eigenvalue weighted by Crippen LogP contribution is -2.44. The van der Waals surface area contributed by atoms with Crippen LogP contribution in [0.4, 0.5) is 0 Å². The van der Waals surface area contributed by atoms with Crippen LogP contribution in [0, 0.1) is 0 Å². The van der Waals surface area contributed by atoms with Gasteiger partial charge in [0.1, 0.15) is 0 Å². The van der Waals surface area contributed by atoms with Gasteiger partial charge in [-0.1, -0.05) is 43.2 Å². The van der Waals surface area contributed by atoms with Crippen LogP contribution in [0.25, 0.3) is 0 Å². The van der Waals surface area contributed by atoms with Crippen LogP contribution in [0.1, 0.15) is 49.9 Å². The molecule has 23 heavy (non-hydrogen) atoms. The molecule has 1 aromatic carbocycles. The van der Waals surface area contributed by atoms with Gasteiger partial charge >= 0.3 is 0 Å². The summed E-state index contributed by atoms with van der Waals surface area (Å²) in [6.07, 6.45) is 10.3. The Morgan fingerprint density at radius 2 is 2.00 bits per heavy atom. The van der Waals surface area contributed by atoms with E-state index >= 15 is 0 Å². The summed E-state index contributed by atoms with van der Waals surface area (Å²) in [5.41, 5.74) is 2.22. The molecule has 3 unspecified atom stereocenters. The molecule has 3 atom stereocenters. The Kier molecular flexibility index (Phi) is 5.72. The first-order valence-corrected chi connectivity index (χ1v) is 8.50. The number of ether oxygens (including phenoxy) is 1. The Hall–Kier alpha value is -1.78. The molecule has 1 fully saturated rings. The molecule has 1 saturated carbocycles. The highest BCUT2D eigenvalue weighted by Gasteiger charge is 2.27. The molecule has 2 aromatic rings. The molecule has 0 saturated heterocycles. The van der Waals surface area contributed by atoms with Crippen molar-refractivity contribution in [3.63, 3.8) is 0 Å². The van der Waals surface area contributed by atoms with E-state index in [1.54, 1.807) is 12.4 Å². The van der Waals surface area contributed by atoms with Gasteiger partial charge in [0.2, 0.25) is 0 Å². The van der Waals surface area contributed by atoms with Crippen molar-refractivity contribution in [2.45, 2.75) is 57.4 Å². The van der Waals surface area contributed by atoms with E-state index in [2.05, 4.69) is 46.5 Å². The van der Waals surface area contributed by atoms with Crippen LogP contribution < -0.4 is 5.32 Å². The van der Waals surface area contributed by atoms with E-state index in [0.29, 0.717) is 12.6 Å². The second-order valence-electron chi connectivity index (χ2n) is 6.24. The quantitative estimate of drug-likeness (QED) is 0.884. The van der Waals surface area contributed by atoms with Crippen molar-refractivity contribution >= 4 is 0 Å². The van der Waals surface area contributed by atoms with E-state index in [9.17, 15) is 0 Å². The minimum absolute atomic E-state index is 0.189. The molecule has 4 heteroatoms. The molecule has 1 heterocycles. The lowest BCUT2D eigenvalue weighted by atomic mass is 9.91. The van der Waals surface area contributed by atoms with Crippen LogP contribution in [0.15, 0.2) is 48.9 Å². The molecule has 0 amide bonds. The molecule has 1 aliphatic carbocycles. The zero-order valence-electron chi connectivity index (χ0n) is 13.7. The van der Waals surface area contributed by atoms with Crippen molar-refractivity contribution in [1.82, 2.24) is 15.3 Å². The predicted octanol–water partition coefficient (Wildman–Crippen LogP) is 3.66. The van der Waals surface area contributed by atoms with E-state index < -0.39 is 0 Å².